The third-order valence-electron chi connectivity index (χ3n) is 4.15. The Kier molecular flexibility index (Phi) is 5.11. The van der Waals surface area contributed by atoms with Gasteiger partial charge in [-0.05, 0) is 35.4 Å². The van der Waals surface area contributed by atoms with Crippen LogP contribution in [0.15, 0.2) is 48.5 Å². The van der Waals surface area contributed by atoms with Gasteiger partial charge in [-0.15, -0.1) is 0 Å². The van der Waals surface area contributed by atoms with Gasteiger partial charge in [0.2, 0.25) is 0 Å². The molecule has 0 unspecified atom stereocenters. The monoisotopic (exact) mass is 356 g/mol. The number of methoxy groups -OCH3 is 2. The Balaban J connectivity index is 1.87. The summed E-state index contributed by atoms with van der Waals surface area (Å²) in [6.07, 6.45) is 0.133. The van der Waals surface area contributed by atoms with E-state index in [2.05, 4.69) is 0 Å². The number of rotatable bonds is 6. The van der Waals surface area contributed by atoms with E-state index in [1.165, 1.54) is 0 Å². The molecule has 0 amide bonds. The van der Waals surface area contributed by atoms with Crippen molar-refractivity contribution in [3.05, 3.63) is 59.7 Å². The molecule has 0 saturated carbocycles. The van der Waals surface area contributed by atoms with Gasteiger partial charge in [0.25, 0.3) is 5.79 Å². The van der Waals surface area contributed by atoms with Crippen LogP contribution < -0.4 is 9.47 Å². The van der Waals surface area contributed by atoms with Crippen LogP contribution in [0.3, 0.4) is 0 Å². The Labute approximate surface area is 151 Å². The molecule has 0 aromatic heterocycles. The van der Waals surface area contributed by atoms with E-state index in [1.807, 2.05) is 48.5 Å². The fourth-order valence-corrected chi connectivity index (χ4v) is 2.94. The highest BCUT2D eigenvalue weighted by molar-refractivity contribution is 5.93. The highest BCUT2D eigenvalue weighted by atomic mass is 16.7. The number of carbonyl (C=O) groups is 2. The van der Waals surface area contributed by atoms with Crippen LogP contribution in [0.4, 0.5) is 0 Å². The first-order chi connectivity index (χ1) is 12.5. The summed E-state index contributed by atoms with van der Waals surface area (Å²) in [4.78, 5) is 23.8. The quantitative estimate of drug-likeness (QED) is 0.585. The molecular weight excluding hydrogens is 336 g/mol. The summed E-state index contributed by atoms with van der Waals surface area (Å²) in [5.74, 6) is -1.09. The zero-order chi connectivity index (χ0) is 18.6. The van der Waals surface area contributed by atoms with Crippen molar-refractivity contribution in [2.45, 2.75) is 25.0 Å². The average Bonchev–Trinajstić information content (AvgIpc) is 2.62. The van der Waals surface area contributed by atoms with Crippen molar-refractivity contribution in [2.24, 2.45) is 0 Å². The maximum Gasteiger partial charge on any atom is 0.320 e. The van der Waals surface area contributed by atoms with E-state index in [4.69, 9.17) is 18.9 Å². The van der Waals surface area contributed by atoms with Crippen molar-refractivity contribution >= 4 is 11.9 Å². The molecule has 3 rings (SSSR count). The van der Waals surface area contributed by atoms with Crippen molar-refractivity contribution < 1.29 is 28.5 Å². The maximum atomic E-state index is 11.9. The van der Waals surface area contributed by atoms with Gasteiger partial charge >= 0.3 is 11.9 Å². The molecule has 1 aliphatic rings. The minimum atomic E-state index is -1.37. The molecule has 6 heteroatoms. The lowest BCUT2D eigenvalue weighted by molar-refractivity contribution is -0.243. The molecule has 1 heterocycles. The summed E-state index contributed by atoms with van der Waals surface area (Å²) in [5, 5.41) is 0. The van der Waals surface area contributed by atoms with Crippen molar-refractivity contribution in [3.63, 3.8) is 0 Å². The number of cyclic esters (lactones) is 2. The topological polar surface area (TPSA) is 71.1 Å². The van der Waals surface area contributed by atoms with E-state index < -0.39 is 17.7 Å². The molecule has 0 aliphatic carbocycles. The Bertz CT molecular complexity index is 711. The number of benzene rings is 2. The van der Waals surface area contributed by atoms with Gasteiger partial charge in [-0.25, -0.2) is 0 Å². The first kappa shape index (κ1) is 17.8. The van der Waals surface area contributed by atoms with Crippen LogP contribution in [0.5, 0.6) is 11.5 Å². The molecule has 1 aliphatic heterocycles. The molecule has 0 bridgehead atoms. The summed E-state index contributed by atoms with van der Waals surface area (Å²) < 4.78 is 21.3. The summed E-state index contributed by atoms with van der Waals surface area (Å²) >= 11 is 0. The molecule has 0 spiro atoms. The summed E-state index contributed by atoms with van der Waals surface area (Å²) in [5.41, 5.74) is 1.73. The standard InChI is InChI=1S/C20H20O6/c1-23-16-7-3-14(4-8-16)12-20(25-18(21)11-19(22)26-20)13-15-5-9-17(24-2)10-6-15/h3-10H,11-13H2,1-2H3. The zero-order valence-electron chi connectivity index (χ0n) is 14.7. The fraction of sp³-hybridized carbons (Fsp3) is 0.300. The van der Waals surface area contributed by atoms with Gasteiger partial charge in [-0.3, -0.25) is 9.59 Å². The van der Waals surface area contributed by atoms with E-state index in [0.29, 0.717) is 0 Å². The number of carbonyl (C=O) groups excluding carboxylic acids is 2. The van der Waals surface area contributed by atoms with E-state index in [0.717, 1.165) is 22.6 Å². The van der Waals surface area contributed by atoms with Gasteiger partial charge < -0.3 is 18.9 Å². The van der Waals surface area contributed by atoms with Crippen LogP contribution in [0.25, 0.3) is 0 Å². The third-order valence-corrected chi connectivity index (χ3v) is 4.15. The Morgan fingerprint density at radius 2 is 1.15 bits per heavy atom. The SMILES string of the molecule is COc1ccc(CC2(Cc3ccc(OC)cc3)OC(=O)CC(=O)O2)cc1. The number of hydrogen-bond acceptors (Lipinski definition) is 6. The number of esters is 2. The van der Waals surface area contributed by atoms with Crippen LogP contribution in [0.1, 0.15) is 17.5 Å². The van der Waals surface area contributed by atoms with E-state index in [-0.39, 0.29) is 19.3 Å². The Morgan fingerprint density at radius 1 is 0.769 bits per heavy atom. The molecule has 136 valence electrons. The first-order valence-corrected chi connectivity index (χ1v) is 8.21. The molecule has 1 saturated heterocycles. The predicted molar refractivity (Wildman–Crippen MR) is 92.9 cm³/mol. The molecule has 1 fully saturated rings. The van der Waals surface area contributed by atoms with Gasteiger partial charge in [0, 0.05) is 0 Å². The molecule has 6 nitrogen and oxygen atoms in total. The predicted octanol–water partition coefficient (Wildman–Crippen LogP) is 2.68. The van der Waals surface area contributed by atoms with Crippen molar-refractivity contribution in [3.8, 4) is 11.5 Å². The summed E-state index contributed by atoms with van der Waals surface area (Å²) in [6.45, 7) is 0. The summed E-state index contributed by atoms with van der Waals surface area (Å²) in [6, 6.07) is 14.6. The van der Waals surface area contributed by atoms with Gasteiger partial charge in [-0.1, -0.05) is 24.3 Å². The van der Waals surface area contributed by atoms with E-state index in [1.54, 1.807) is 14.2 Å². The van der Waals surface area contributed by atoms with Crippen molar-refractivity contribution in [1.82, 2.24) is 0 Å². The largest absolute Gasteiger partial charge is 0.497 e. The van der Waals surface area contributed by atoms with Crippen LogP contribution in [0, 0.1) is 0 Å². The maximum absolute atomic E-state index is 11.9. The normalized spacial score (nSPS) is 15.8. The molecule has 0 N–H and O–H groups in total. The van der Waals surface area contributed by atoms with Gasteiger partial charge in [0.1, 0.15) is 17.9 Å². The van der Waals surface area contributed by atoms with Crippen LogP contribution in [-0.4, -0.2) is 31.9 Å². The van der Waals surface area contributed by atoms with Crippen LogP contribution in [-0.2, 0) is 31.9 Å². The highest BCUT2D eigenvalue weighted by Crippen LogP contribution is 2.30. The Hall–Kier alpha value is -3.02. The van der Waals surface area contributed by atoms with Crippen molar-refractivity contribution in [1.29, 1.82) is 0 Å². The lowest BCUT2D eigenvalue weighted by atomic mass is 9.96. The van der Waals surface area contributed by atoms with Gasteiger partial charge in [0.05, 0.1) is 27.1 Å². The number of ether oxygens (including phenoxy) is 4. The molecule has 0 atom stereocenters. The van der Waals surface area contributed by atoms with E-state index in [9.17, 15) is 9.59 Å². The molecule has 2 aromatic rings. The highest BCUT2D eigenvalue weighted by Gasteiger charge is 2.43. The van der Waals surface area contributed by atoms with Crippen molar-refractivity contribution in [2.75, 3.05) is 14.2 Å². The van der Waals surface area contributed by atoms with Gasteiger partial charge in [-0.2, -0.15) is 0 Å². The minimum Gasteiger partial charge on any atom is -0.497 e. The lowest BCUT2D eigenvalue weighted by Gasteiger charge is -2.36. The molecule has 26 heavy (non-hydrogen) atoms. The second kappa shape index (κ2) is 7.47. The lowest BCUT2D eigenvalue weighted by Crippen LogP contribution is -2.48. The minimum absolute atomic E-state index is 0.250. The fourth-order valence-electron chi connectivity index (χ4n) is 2.94. The molecule has 2 aromatic carbocycles. The zero-order valence-corrected chi connectivity index (χ0v) is 14.7. The van der Waals surface area contributed by atoms with E-state index >= 15 is 0 Å². The smallest absolute Gasteiger partial charge is 0.320 e. The Morgan fingerprint density at radius 3 is 1.50 bits per heavy atom. The second-order valence-corrected chi connectivity index (χ2v) is 6.09. The average molecular weight is 356 g/mol. The molecule has 0 radical (unpaired) electrons. The van der Waals surface area contributed by atoms with Gasteiger partial charge in [0.15, 0.2) is 0 Å². The third kappa shape index (κ3) is 4.14. The second-order valence-electron chi connectivity index (χ2n) is 6.09. The molecular formula is C20H20O6. The number of hydrogen-bond donors (Lipinski definition) is 0. The van der Waals surface area contributed by atoms with Crippen LogP contribution in [0.2, 0.25) is 0 Å². The van der Waals surface area contributed by atoms with Crippen LogP contribution >= 0.6 is 0 Å². The first-order valence-electron chi connectivity index (χ1n) is 8.21. The summed E-state index contributed by atoms with van der Waals surface area (Å²) in [7, 11) is 3.18.